The third kappa shape index (κ3) is 4.84. The van der Waals surface area contributed by atoms with E-state index in [0.29, 0.717) is 34.8 Å². The molecule has 2 N–H and O–H groups in total. The average molecular weight is 399 g/mol. The number of benzene rings is 2. The van der Waals surface area contributed by atoms with Gasteiger partial charge in [0.1, 0.15) is 5.82 Å². The molecule has 146 valence electrons. The van der Waals surface area contributed by atoms with Gasteiger partial charge in [-0.3, -0.25) is 0 Å². The van der Waals surface area contributed by atoms with Crippen molar-refractivity contribution in [1.29, 1.82) is 0 Å². The molecule has 0 aliphatic rings. The summed E-state index contributed by atoms with van der Waals surface area (Å²) in [5.74, 6) is 2.65. The number of nitrogens with zero attached hydrogens (tertiary/aromatic N) is 2. The van der Waals surface area contributed by atoms with E-state index in [9.17, 15) is 0 Å². The third-order valence-corrected chi connectivity index (χ3v) is 4.44. The minimum atomic E-state index is 0.545. The maximum atomic E-state index is 6.03. The molecule has 0 amide bonds. The van der Waals surface area contributed by atoms with Crippen molar-refractivity contribution in [3.05, 3.63) is 64.3 Å². The van der Waals surface area contributed by atoms with Gasteiger partial charge in [0.15, 0.2) is 11.5 Å². The Morgan fingerprint density at radius 2 is 1.71 bits per heavy atom. The molecule has 0 atom stereocenters. The van der Waals surface area contributed by atoms with Crippen LogP contribution in [0.25, 0.3) is 0 Å². The molecular formula is C21H23ClN4O2. The first-order valence-electron chi connectivity index (χ1n) is 8.82. The monoisotopic (exact) mass is 398 g/mol. The molecule has 28 heavy (non-hydrogen) atoms. The van der Waals surface area contributed by atoms with Crippen LogP contribution in [0.4, 0.5) is 17.5 Å². The third-order valence-electron chi connectivity index (χ3n) is 4.20. The largest absolute Gasteiger partial charge is 0.493 e. The number of ether oxygens (including phenoxy) is 2. The summed E-state index contributed by atoms with van der Waals surface area (Å²) in [5.41, 5.74) is 3.89. The lowest BCUT2D eigenvalue weighted by molar-refractivity contribution is 0.354. The van der Waals surface area contributed by atoms with Gasteiger partial charge in [0.25, 0.3) is 0 Å². The van der Waals surface area contributed by atoms with Crippen LogP contribution < -0.4 is 20.1 Å². The van der Waals surface area contributed by atoms with E-state index in [1.807, 2.05) is 56.3 Å². The molecule has 0 spiro atoms. The van der Waals surface area contributed by atoms with Crippen LogP contribution in [0.15, 0.2) is 42.5 Å². The Kier molecular flexibility index (Phi) is 6.21. The van der Waals surface area contributed by atoms with Gasteiger partial charge in [-0.15, -0.1) is 0 Å². The molecule has 1 aromatic heterocycles. The van der Waals surface area contributed by atoms with Crippen LogP contribution in [-0.2, 0) is 6.54 Å². The number of hydrogen-bond donors (Lipinski definition) is 2. The van der Waals surface area contributed by atoms with Crippen LogP contribution >= 0.6 is 11.6 Å². The highest BCUT2D eigenvalue weighted by Crippen LogP contribution is 2.28. The Labute approximate surface area is 169 Å². The normalized spacial score (nSPS) is 10.5. The van der Waals surface area contributed by atoms with Gasteiger partial charge in [0.05, 0.1) is 14.2 Å². The van der Waals surface area contributed by atoms with Gasteiger partial charge in [0.2, 0.25) is 5.95 Å². The van der Waals surface area contributed by atoms with E-state index >= 15 is 0 Å². The van der Waals surface area contributed by atoms with Gasteiger partial charge in [-0.25, -0.2) is 4.98 Å². The first kappa shape index (κ1) is 19.8. The van der Waals surface area contributed by atoms with Crippen molar-refractivity contribution in [2.24, 2.45) is 0 Å². The molecule has 0 radical (unpaired) electrons. The summed E-state index contributed by atoms with van der Waals surface area (Å²) in [7, 11) is 3.24. The van der Waals surface area contributed by atoms with Gasteiger partial charge in [-0.05, 0) is 55.3 Å². The molecule has 3 rings (SSSR count). The van der Waals surface area contributed by atoms with Crippen LogP contribution in [-0.4, -0.2) is 24.2 Å². The van der Waals surface area contributed by atoms with Crippen molar-refractivity contribution >= 4 is 29.1 Å². The van der Waals surface area contributed by atoms with Gasteiger partial charge in [-0.1, -0.05) is 17.7 Å². The Hall–Kier alpha value is -2.99. The second kappa shape index (κ2) is 8.80. The van der Waals surface area contributed by atoms with Crippen LogP contribution in [0.5, 0.6) is 11.5 Å². The van der Waals surface area contributed by atoms with E-state index < -0.39 is 0 Å². The summed E-state index contributed by atoms with van der Waals surface area (Å²) in [5, 5.41) is 7.29. The van der Waals surface area contributed by atoms with Crippen LogP contribution in [0.1, 0.15) is 16.8 Å². The predicted molar refractivity (Wildman–Crippen MR) is 113 cm³/mol. The zero-order chi connectivity index (χ0) is 20.1. The fourth-order valence-electron chi connectivity index (χ4n) is 2.79. The van der Waals surface area contributed by atoms with Gasteiger partial charge < -0.3 is 20.1 Å². The molecule has 0 bridgehead atoms. The number of hydrogen-bond acceptors (Lipinski definition) is 6. The van der Waals surface area contributed by atoms with Crippen LogP contribution in [0.3, 0.4) is 0 Å². The number of aryl methyl sites for hydroxylation is 2. The zero-order valence-corrected chi connectivity index (χ0v) is 17.1. The minimum absolute atomic E-state index is 0.545. The number of methoxy groups -OCH3 is 2. The molecule has 0 unspecified atom stereocenters. The molecule has 0 saturated heterocycles. The predicted octanol–water partition coefficient (Wildman–Crippen LogP) is 5.12. The quantitative estimate of drug-likeness (QED) is 0.575. The lowest BCUT2D eigenvalue weighted by Crippen LogP contribution is -2.07. The molecular weight excluding hydrogens is 376 g/mol. The van der Waals surface area contributed by atoms with Crippen molar-refractivity contribution < 1.29 is 9.47 Å². The van der Waals surface area contributed by atoms with E-state index in [2.05, 4.69) is 20.6 Å². The number of halogens is 1. The summed E-state index contributed by atoms with van der Waals surface area (Å²) >= 11 is 6.03. The smallest absolute Gasteiger partial charge is 0.225 e. The zero-order valence-electron chi connectivity index (χ0n) is 16.3. The van der Waals surface area contributed by atoms with Crippen LogP contribution in [0, 0.1) is 13.8 Å². The number of anilines is 3. The Morgan fingerprint density at radius 3 is 2.43 bits per heavy atom. The highest BCUT2D eigenvalue weighted by Gasteiger charge is 2.07. The lowest BCUT2D eigenvalue weighted by atomic mass is 10.2. The first-order valence-corrected chi connectivity index (χ1v) is 9.20. The topological polar surface area (TPSA) is 68.3 Å². The summed E-state index contributed by atoms with van der Waals surface area (Å²) in [6, 6.07) is 13.4. The standard InChI is InChI=1S/C21H23ClN4O2/c1-13-9-16(22)6-7-17(13)25-20-10-14(2)24-21(26-20)23-12-15-5-8-18(27-3)19(11-15)28-4/h5-11H,12H2,1-4H3,(H2,23,24,25,26). The summed E-state index contributed by atoms with van der Waals surface area (Å²) in [6.07, 6.45) is 0. The van der Waals surface area contributed by atoms with E-state index in [4.69, 9.17) is 21.1 Å². The highest BCUT2D eigenvalue weighted by molar-refractivity contribution is 6.30. The average Bonchev–Trinajstić information content (AvgIpc) is 2.68. The van der Waals surface area contributed by atoms with E-state index in [0.717, 1.165) is 22.5 Å². The highest BCUT2D eigenvalue weighted by atomic mass is 35.5. The van der Waals surface area contributed by atoms with Gasteiger partial charge >= 0.3 is 0 Å². The van der Waals surface area contributed by atoms with Crippen molar-refractivity contribution in [3.8, 4) is 11.5 Å². The van der Waals surface area contributed by atoms with Crippen molar-refractivity contribution in [3.63, 3.8) is 0 Å². The number of nitrogens with one attached hydrogen (secondary N) is 2. The van der Waals surface area contributed by atoms with E-state index in [-0.39, 0.29) is 0 Å². The van der Waals surface area contributed by atoms with Crippen LogP contribution in [0.2, 0.25) is 5.02 Å². The summed E-state index contributed by atoms with van der Waals surface area (Å²) in [6.45, 7) is 4.49. The molecule has 6 nitrogen and oxygen atoms in total. The molecule has 2 aromatic carbocycles. The molecule has 7 heteroatoms. The fourth-order valence-corrected chi connectivity index (χ4v) is 3.02. The second-order valence-electron chi connectivity index (χ2n) is 6.35. The molecule has 1 heterocycles. The van der Waals surface area contributed by atoms with Crippen molar-refractivity contribution in [1.82, 2.24) is 9.97 Å². The van der Waals surface area contributed by atoms with Gasteiger partial charge in [-0.2, -0.15) is 4.98 Å². The van der Waals surface area contributed by atoms with E-state index in [1.165, 1.54) is 0 Å². The lowest BCUT2D eigenvalue weighted by Gasteiger charge is -2.13. The molecule has 0 fully saturated rings. The SMILES string of the molecule is COc1ccc(CNc2nc(C)cc(Nc3ccc(Cl)cc3C)n2)cc1OC. The van der Waals surface area contributed by atoms with E-state index in [1.54, 1.807) is 14.2 Å². The summed E-state index contributed by atoms with van der Waals surface area (Å²) < 4.78 is 10.6. The summed E-state index contributed by atoms with van der Waals surface area (Å²) in [4.78, 5) is 9.03. The van der Waals surface area contributed by atoms with Crippen molar-refractivity contribution in [2.75, 3.05) is 24.9 Å². The minimum Gasteiger partial charge on any atom is -0.493 e. The van der Waals surface area contributed by atoms with Gasteiger partial charge in [0, 0.05) is 29.0 Å². The number of aromatic nitrogens is 2. The molecule has 0 aliphatic heterocycles. The Morgan fingerprint density at radius 1 is 0.929 bits per heavy atom. The Balaban J connectivity index is 1.74. The number of rotatable bonds is 7. The maximum Gasteiger partial charge on any atom is 0.225 e. The maximum absolute atomic E-state index is 6.03. The molecule has 0 saturated carbocycles. The fraction of sp³-hybridized carbons (Fsp3) is 0.238. The molecule has 0 aliphatic carbocycles. The second-order valence-corrected chi connectivity index (χ2v) is 6.78. The Bertz CT molecular complexity index is 979. The molecule has 3 aromatic rings. The van der Waals surface area contributed by atoms with Crippen molar-refractivity contribution in [2.45, 2.75) is 20.4 Å². The first-order chi connectivity index (χ1) is 13.5.